The molecule has 0 saturated heterocycles. The molecule has 1 heterocycles. The molecule has 0 bridgehead atoms. The van der Waals surface area contributed by atoms with Gasteiger partial charge in [-0.15, -0.1) is 0 Å². The van der Waals surface area contributed by atoms with Gasteiger partial charge in [0.2, 0.25) is 0 Å². The van der Waals surface area contributed by atoms with E-state index in [1.165, 1.54) is 25.7 Å². The van der Waals surface area contributed by atoms with Gasteiger partial charge in [0.25, 0.3) is 0 Å². The van der Waals surface area contributed by atoms with Gasteiger partial charge in [-0.1, -0.05) is 25.0 Å². The molecule has 90 valence electrons. The summed E-state index contributed by atoms with van der Waals surface area (Å²) in [5.74, 6) is 0.666. The zero-order valence-electron chi connectivity index (χ0n) is 9.69. The molecule has 1 aliphatic heterocycles. The standard InChI is InChI=1S/C13H16BrN3/c14-10-5-1-2-6-11(10)17-12(15)16-9-13(17)7-3-4-8-13/h1-2,5-6H,3-4,7-9H2,(H2,15,16). The summed E-state index contributed by atoms with van der Waals surface area (Å²) >= 11 is 3.61. The molecule has 1 aromatic carbocycles. The third kappa shape index (κ3) is 1.66. The number of benzene rings is 1. The highest BCUT2D eigenvalue weighted by Crippen LogP contribution is 2.43. The van der Waals surface area contributed by atoms with Gasteiger partial charge in [-0.3, -0.25) is 4.99 Å². The molecule has 3 nitrogen and oxygen atoms in total. The Kier molecular flexibility index (Phi) is 2.62. The van der Waals surface area contributed by atoms with Crippen LogP contribution in [0.3, 0.4) is 0 Å². The second-order valence-electron chi connectivity index (χ2n) is 4.89. The summed E-state index contributed by atoms with van der Waals surface area (Å²) < 4.78 is 1.09. The topological polar surface area (TPSA) is 41.6 Å². The molecule has 1 aromatic rings. The summed E-state index contributed by atoms with van der Waals surface area (Å²) in [6.45, 7) is 0.847. The number of aliphatic imine (C=N–C) groups is 1. The van der Waals surface area contributed by atoms with Gasteiger partial charge in [0, 0.05) is 4.47 Å². The van der Waals surface area contributed by atoms with Gasteiger partial charge in [-0.2, -0.15) is 0 Å². The van der Waals surface area contributed by atoms with Crippen LogP contribution in [0.5, 0.6) is 0 Å². The van der Waals surface area contributed by atoms with Crippen LogP contribution >= 0.6 is 15.9 Å². The van der Waals surface area contributed by atoms with E-state index in [9.17, 15) is 0 Å². The van der Waals surface area contributed by atoms with Gasteiger partial charge in [-0.05, 0) is 40.9 Å². The first kappa shape index (κ1) is 11.1. The Hall–Kier alpha value is -1.03. The molecule has 2 N–H and O–H groups in total. The van der Waals surface area contributed by atoms with Crippen LogP contribution in [0, 0.1) is 0 Å². The number of rotatable bonds is 1. The SMILES string of the molecule is NC1=NCC2(CCCC2)N1c1ccccc1Br. The smallest absolute Gasteiger partial charge is 0.196 e. The highest BCUT2D eigenvalue weighted by Gasteiger charge is 2.45. The predicted octanol–water partition coefficient (Wildman–Crippen LogP) is 2.90. The Morgan fingerprint density at radius 1 is 1.24 bits per heavy atom. The van der Waals surface area contributed by atoms with Crippen molar-refractivity contribution >= 4 is 27.6 Å². The normalized spacial score (nSPS) is 22.2. The minimum absolute atomic E-state index is 0.147. The molecule has 3 rings (SSSR count). The fourth-order valence-electron chi connectivity index (χ4n) is 3.04. The van der Waals surface area contributed by atoms with Crippen LogP contribution in [-0.2, 0) is 0 Å². The zero-order chi connectivity index (χ0) is 11.9. The number of nitrogens with two attached hydrogens (primary N) is 1. The van der Waals surface area contributed by atoms with Crippen molar-refractivity contribution in [1.82, 2.24) is 0 Å². The average molecular weight is 294 g/mol. The molecule has 0 unspecified atom stereocenters. The monoisotopic (exact) mass is 293 g/mol. The minimum Gasteiger partial charge on any atom is -0.369 e. The first-order chi connectivity index (χ1) is 8.23. The van der Waals surface area contributed by atoms with E-state index in [-0.39, 0.29) is 5.54 Å². The molecule has 0 radical (unpaired) electrons. The van der Waals surface area contributed by atoms with Gasteiger partial charge in [0.05, 0.1) is 17.8 Å². The number of guanidine groups is 1. The highest BCUT2D eigenvalue weighted by atomic mass is 79.9. The fraction of sp³-hybridized carbons (Fsp3) is 0.462. The van der Waals surface area contributed by atoms with E-state index in [0.717, 1.165) is 16.7 Å². The van der Waals surface area contributed by atoms with Crippen LogP contribution in [0.4, 0.5) is 5.69 Å². The second kappa shape index (κ2) is 4.02. The molecule has 1 spiro atoms. The first-order valence-corrected chi connectivity index (χ1v) is 6.87. The van der Waals surface area contributed by atoms with Crippen molar-refractivity contribution in [3.05, 3.63) is 28.7 Å². The van der Waals surface area contributed by atoms with E-state index >= 15 is 0 Å². The summed E-state index contributed by atoms with van der Waals surface area (Å²) in [5.41, 5.74) is 7.38. The largest absolute Gasteiger partial charge is 0.369 e. The van der Waals surface area contributed by atoms with Crippen molar-refractivity contribution in [3.63, 3.8) is 0 Å². The molecule has 0 aromatic heterocycles. The average Bonchev–Trinajstić information content (AvgIpc) is 2.90. The number of hydrogen-bond donors (Lipinski definition) is 1. The van der Waals surface area contributed by atoms with E-state index < -0.39 is 0 Å². The molecule has 1 saturated carbocycles. The van der Waals surface area contributed by atoms with E-state index in [2.05, 4.69) is 38.0 Å². The Balaban J connectivity index is 2.05. The quantitative estimate of drug-likeness (QED) is 0.865. The maximum absolute atomic E-state index is 6.09. The Morgan fingerprint density at radius 3 is 2.65 bits per heavy atom. The third-order valence-corrected chi connectivity index (χ3v) is 4.54. The van der Waals surface area contributed by atoms with Crippen LogP contribution in [0.25, 0.3) is 0 Å². The van der Waals surface area contributed by atoms with E-state index in [1.807, 2.05) is 12.1 Å². The fourth-order valence-corrected chi connectivity index (χ4v) is 3.50. The predicted molar refractivity (Wildman–Crippen MR) is 74.3 cm³/mol. The molecule has 4 heteroatoms. The van der Waals surface area contributed by atoms with Gasteiger partial charge >= 0.3 is 0 Å². The summed E-state index contributed by atoms with van der Waals surface area (Å²) in [4.78, 5) is 6.71. The van der Waals surface area contributed by atoms with Crippen LogP contribution in [0.1, 0.15) is 25.7 Å². The zero-order valence-corrected chi connectivity index (χ0v) is 11.3. The second-order valence-corrected chi connectivity index (χ2v) is 5.75. The van der Waals surface area contributed by atoms with E-state index in [0.29, 0.717) is 5.96 Å². The van der Waals surface area contributed by atoms with Crippen molar-refractivity contribution < 1.29 is 0 Å². The minimum atomic E-state index is 0.147. The Morgan fingerprint density at radius 2 is 1.94 bits per heavy atom. The highest BCUT2D eigenvalue weighted by molar-refractivity contribution is 9.10. The summed E-state index contributed by atoms with van der Waals surface area (Å²) in [6, 6.07) is 8.24. The van der Waals surface area contributed by atoms with Crippen molar-refractivity contribution in [3.8, 4) is 0 Å². The van der Waals surface area contributed by atoms with Crippen LogP contribution in [-0.4, -0.2) is 18.0 Å². The van der Waals surface area contributed by atoms with Crippen molar-refractivity contribution in [2.75, 3.05) is 11.4 Å². The molecule has 0 atom stereocenters. The number of halogens is 1. The van der Waals surface area contributed by atoms with Crippen LogP contribution < -0.4 is 10.6 Å². The summed E-state index contributed by atoms with van der Waals surface area (Å²) in [6.07, 6.45) is 4.95. The molecular weight excluding hydrogens is 278 g/mol. The lowest BCUT2D eigenvalue weighted by Crippen LogP contribution is -2.50. The lowest BCUT2D eigenvalue weighted by molar-refractivity contribution is 0.472. The number of anilines is 1. The van der Waals surface area contributed by atoms with Crippen LogP contribution in [0.2, 0.25) is 0 Å². The lowest BCUT2D eigenvalue weighted by Gasteiger charge is -2.36. The third-order valence-electron chi connectivity index (χ3n) is 3.87. The van der Waals surface area contributed by atoms with Crippen molar-refractivity contribution in [1.29, 1.82) is 0 Å². The lowest BCUT2D eigenvalue weighted by atomic mass is 9.96. The number of para-hydroxylation sites is 1. The number of hydrogen-bond acceptors (Lipinski definition) is 3. The number of nitrogens with zero attached hydrogens (tertiary/aromatic N) is 2. The Bertz CT molecular complexity index is 463. The molecular formula is C13H16BrN3. The van der Waals surface area contributed by atoms with Crippen molar-refractivity contribution in [2.24, 2.45) is 10.7 Å². The molecule has 2 aliphatic rings. The van der Waals surface area contributed by atoms with Gasteiger partial charge in [0.1, 0.15) is 0 Å². The maximum atomic E-state index is 6.09. The van der Waals surface area contributed by atoms with E-state index in [1.54, 1.807) is 0 Å². The summed E-state index contributed by atoms with van der Waals surface area (Å²) in [5, 5.41) is 0. The molecule has 0 amide bonds. The first-order valence-electron chi connectivity index (χ1n) is 6.08. The van der Waals surface area contributed by atoms with Gasteiger partial charge < -0.3 is 10.6 Å². The molecule has 1 fully saturated rings. The summed E-state index contributed by atoms with van der Waals surface area (Å²) in [7, 11) is 0. The van der Waals surface area contributed by atoms with Crippen molar-refractivity contribution in [2.45, 2.75) is 31.2 Å². The Labute approximate surface area is 110 Å². The van der Waals surface area contributed by atoms with Gasteiger partial charge in [-0.25, -0.2) is 0 Å². The molecule has 17 heavy (non-hydrogen) atoms. The van der Waals surface area contributed by atoms with Crippen LogP contribution in [0.15, 0.2) is 33.7 Å². The maximum Gasteiger partial charge on any atom is 0.196 e. The van der Waals surface area contributed by atoms with E-state index in [4.69, 9.17) is 5.73 Å². The van der Waals surface area contributed by atoms with Gasteiger partial charge in [0.15, 0.2) is 5.96 Å². The molecule has 1 aliphatic carbocycles.